The van der Waals surface area contributed by atoms with Crippen LogP contribution in [0.4, 0.5) is 5.69 Å². The Morgan fingerprint density at radius 2 is 1.95 bits per heavy atom. The number of nitro benzene ring substituents is 1. The molecule has 0 unspecified atom stereocenters. The highest BCUT2D eigenvalue weighted by molar-refractivity contribution is 6.32. The van der Waals surface area contributed by atoms with Crippen molar-refractivity contribution in [2.24, 2.45) is 10.8 Å². The molecule has 4 rings (SSSR count). The average molecular weight is 578 g/mol. The number of hydrogen-bond acceptors (Lipinski definition) is 8. The summed E-state index contributed by atoms with van der Waals surface area (Å²) in [5, 5.41) is 16.3. The van der Waals surface area contributed by atoms with E-state index in [9.17, 15) is 19.7 Å². The summed E-state index contributed by atoms with van der Waals surface area (Å²) in [6, 6.07) is 13.3. The van der Waals surface area contributed by atoms with Crippen molar-refractivity contribution in [2.45, 2.75) is 33.6 Å². The first kappa shape index (κ1) is 29.2. The van der Waals surface area contributed by atoms with Crippen molar-refractivity contribution in [3.05, 3.63) is 90.7 Å². The number of benzene rings is 3. The molecule has 1 amide bonds. The molecule has 3 aromatic carbocycles. The summed E-state index contributed by atoms with van der Waals surface area (Å²) in [5.41, 5.74) is 7.32. The zero-order valence-electron chi connectivity index (χ0n) is 22.9. The number of aryl methyl sites for hydroxylation is 1. The number of ether oxygens (including phenoxy) is 2. The lowest BCUT2D eigenvalue weighted by molar-refractivity contribution is -0.385. The molecule has 1 heterocycles. The van der Waals surface area contributed by atoms with Gasteiger partial charge >= 0.3 is 5.69 Å². The Kier molecular flexibility index (Phi) is 8.68. The van der Waals surface area contributed by atoms with Gasteiger partial charge in [-0.2, -0.15) is 9.78 Å². The number of nitrogens with zero attached hydrogens (tertiary/aromatic N) is 4. The largest absolute Gasteiger partial charge is 0.494 e. The lowest BCUT2D eigenvalue weighted by atomic mass is 9.96. The maximum Gasteiger partial charge on any atom is 0.313 e. The topological polar surface area (TPSA) is 152 Å². The number of para-hydroxylation sites is 1. The minimum absolute atomic E-state index is 0.123. The van der Waals surface area contributed by atoms with Crippen molar-refractivity contribution < 1.29 is 19.2 Å². The molecule has 0 aliphatic carbocycles. The number of nitrogens with two attached hydrogens (primary N) is 1. The van der Waals surface area contributed by atoms with Crippen molar-refractivity contribution >= 4 is 40.3 Å². The zero-order valence-corrected chi connectivity index (χ0v) is 23.6. The third kappa shape index (κ3) is 6.20. The van der Waals surface area contributed by atoms with Crippen molar-refractivity contribution in [2.75, 3.05) is 13.2 Å². The molecule has 4 aromatic rings. The molecule has 2 N–H and O–H groups in total. The number of halogens is 1. The van der Waals surface area contributed by atoms with E-state index in [4.69, 9.17) is 31.8 Å². The molecule has 11 nitrogen and oxygen atoms in total. The van der Waals surface area contributed by atoms with Crippen LogP contribution in [0.1, 0.15) is 43.4 Å². The molecule has 12 heteroatoms. The number of primary amides is 1. The quantitative estimate of drug-likeness (QED) is 0.154. The van der Waals surface area contributed by atoms with E-state index in [1.54, 1.807) is 24.3 Å². The van der Waals surface area contributed by atoms with Gasteiger partial charge in [0.15, 0.2) is 12.4 Å². The highest BCUT2D eigenvalue weighted by atomic mass is 35.5. The zero-order chi connectivity index (χ0) is 29.8. The summed E-state index contributed by atoms with van der Waals surface area (Å²) in [6.45, 7) is 7.81. The predicted octanol–water partition coefficient (Wildman–Crippen LogP) is 5.20. The lowest BCUT2D eigenvalue weighted by Crippen LogP contribution is -2.21. The molecule has 0 fully saturated rings. The van der Waals surface area contributed by atoms with Crippen molar-refractivity contribution in [3.63, 3.8) is 0 Å². The van der Waals surface area contributed by atoms with Gasteiger partial charge in [0.1, 0.15) is 5.75 Å². The number of fused-ring (bicyclic) bond motifs is 1. The van der Waals surface area contributed by atoms with Gasteiger partial charge in [-0.25, -0.2) is 4.98 Å². The van der Waals surface area contributed by atoms with E-state index in [2.05, 4.69) is 5.10 Å². The Morgan fingerprint density at radius 3 is 2.61 bits per heavy atom. The maximum absolute atomic E-state index is 13.7. The maximum atomic E-state index is 13.7. The van der Waals surface area contributed by atoms with Gasteiger partial charge in [-0.3, -0.25) is 19.7 Å². The normalized spacial score (nSPS) is 11.4. The third-order valence-electron chi connectivity index (χ3n) is 6.20. The van der Waals surface area contributed by atoms with Crippen molar-refractivity contribution in [1.29, 1.82) is 0 Å². The standard InChI is InChI=1S/C29H28ClN5O6/c1-5-40-25-10-17(4)21(13-20(25)16(2)3)28-33-23-9-7-6-8-19(23)29(37)34(28)32-14-18-11-22(30)27(41-15-26(31)36)24(12-18)35(38)39/h6-14,16H,5,15H2,1-4H3,(H2,31,36). The minimum Gasteiger partial charge on any atom is -0.494 e. The molecule has 0 radical (unpaired) electrons. The molecule has 0 saturated carbocycles. The van der Waals surface area contributed by atoms with Crippen LogP contribution in [0.15, 0.2) is 58.4 Å². The molecule has 0 bridgehead atoms. The first-order chi connectivity index (χ1) is 19.5. The average Bonchev–Trinajstić information content (AvgIpc) is 2.91. The predicted molar refractivity (Wildman–Crippen MR) is 157 cm³/mol. The second-order valence-corrected chi connectivity index (χ2v) is 9.88. The fraction of sp³-hybridized carbons (Fsp3) is 0.241. The van der Waals surface area contributed by atoms with Crippen LogP contribution < -0.4 is 20.8 Å². The number of hydrogen-bond donors (Lipinski definition) is 1. The van der Waals surface area contributed by atoms with Crippen LogP contribution in [0.2, 0.25) is 5.02 Å². The summed E-state index contributed by atoms with van der Waals surface area (Å²) >= 11 is 6.25. The Morgan fingerprint density at radius 1 is 1.22 bits per heavy atom. The molecular weight excluding hydrogens is 550 g/mol. The van der Waals surface area contributed by atoms with E-state index in [-0.39, 0.29) is 28.1 Å². The molecule has 41 heavy (non-hydrogen) atoms. The van der Waals surface area contributed by atoms with Crippen LogP contribution in [0.5, 0.6) is 11.5 Å². The number of carbonyl (C=O) groups excluding carboxylic acids is 1. The summed E-state index contributed by atoms with van der Waals surface area (Å²) in [6.07, 6.45) is 1.27. The van der Waals surface area contributed by atoms with Crippen LogP contribution in [-0.4, -0.2) is 39.9 Å². The van der Waals surface area contributed by atoms with Gasteiger partial charge in [0.2, 0.25) is 5.75 Å². The van der Waals surface area contributed by atoms with E-state index < -0.39 is 28.7 Å². The number of carbonyl (C=O) groups is 1. The van der Waals surface area contributed by atoms with Crippen LogP contribution in [0.25, 0.3) is 22.3 Å². The van der Waals surface area contributed by atoms with Gasteiger partial charge in [-0.15, -0.1) is 0 Å². The lowest BCUT2D eigenvalue weighted by Gasteiger charge is -2.18. The molecule has 1 aromatic heterocycles. The second kappa shape index (κ2) is 12.2. The number of aromatic nitrogens is 2. The van der Waals surface area contributed by atoms with Crippen LogP contribution in [0, 0.1) is 17.0 Å². The Labute approximate surface area is 240 Å². The molecule has 212 valence electrons. The highest BCUT2D eigenvalue weighted by Gasteiger charge is 2.22. The van der Waals surface area contributed by atoms with Crippen molar-refractivity contribution in [3.8, 4) is 22.9 Å². The fourth-order valence-corrected chi connectivity index (χ4v) is 4.57. The summed E-state index contributed by atoms with van der Waals surface area (Å²) in [4.78, 5) is 40.6. The van der Waals surface area contributed by atoms with Gasteiger partial charge in [0, 0.05) is 17.2 Å². The highest BCUT2D eigenvalue weighted by Crippen LogP contribution is 2.36. The fourth-order valence-electron chi connectivity index (χ4n) is 4.30. The molecule has 0 spiro atoms. The summed E-state index contributed by atoms with van der Waals surface area (Å²) < 4.78 is 12.2. The molecular formula is C29H28ClN5O6. The molecule has 0 aliphatic heterocycles. The van der Waals surface area contributed by atoms with Gasteiger partial charge in [-0.05, 0) is 61.2 Å². The van der Waals surface area contributed by atoms with Crippen LogP contribution >= 0.6 is 11.6 Å². The van der Waals surface area contributed by atoms with Gasteiger partial charge in [-0.1, -0.05) is 37.6 Å². The molecule has 0 atom stereocenters. The van der Waals surface area contributed by atoms with E-state index in [0.717, 1.165) is 21.6 Å². The number of nitro groups is 1. The van der Waals surface area contributed by atoms with Gasteiger partial charge < -0.3 is 15.2 Å². The van der Waals surface area contributed by atoms with E-state index in [0.29, 0.717) is 23.1 Å². The molecule has 0 saturated heterocycles. The Balaban J connectivity index is 1.92. The Bertz CT molecular complexity index is 1750. The SMILES string of the molecule is CCOc1cc(C)c(-c2nc3ccccc3c(=O)n2N=Cc2cc(Cl)c(OCC(N)=O)c([N+](=O)[O-])c2)cc1C(C)C. The minimum atomic E-state index is -0.818. The van der Waals surface area contributed by atoms with E-state index in [1.807, 2.05) is 39.8 Å². The number of rotatable bonds is 10. The first-order valence-corrected chi connectivity index (χ1v) is 13.1. The van der Waals surface area contributed by atoms with Gasteiger partial charge in [0.25, 0.3) is 11.5 Å². The third-order valence-corrected chi connectivity index (χ3v) is 6.48. The van der Waals surface area contributed by atoms with E-state index in [1.165, 1.54) is 18.3 Å². The van der Waals surface area contributed by atoms with Crippen LogP contribution in [0.3, 0.4) is 0 Å². The summed E-state index contributed by atoms with van der Waals surface area (Å²) in [5.74, 6) is 0.0425. The number of amides is 1. The second-order valence-electron chi connectivity index (χ2n) is 9.47. The van der Waals surface area contributed by atoms with Crippen molar-refractivity contribution in [1.82, 2.24) is 9.66 Å². The Hall–Kier alpha value is -4.77. The first-order valence-electron chi connectivity index (χ1n) is 12.7. The van der Waals surface area contributed by atoms with Gasteiger partial charge in [0.05, 0.1) is 33.7 Å². The summed E-state index contributed by atoms with van der Waals surface area (Å²) in [7, 11) is 0. The monoisotopic (exact) mass is 577 g/mol. The van der Waals surface area contributed by atoms with Crippen LogP contribution in [-0.2, 0) is 4.79 Å². The molecule has 0 aliphatic rings. The smallest absolute Gasteiger partial charge is 0.313 e. The van der Waals surface area contributed by atoms with E-state index >= 15 is 0 Å².